The van der Waals surface area contributed by atoms with E-state index in [9.17, 15) is 17.6 Å². The molecule has 3 atom stereocenters. The summed E-state index contributed by atoms with van der Waals surface area (Å²) in [4.78, 5) is 0. The third-order valence-corrected chi connectivity index (χ3v) is 5.12. The molecule has 1 aromatic carbocycles. The van der Waals surface area contributed by atoms with Crippen molar-refractivity contribution in [1.29, 1.82) is 0 Å². The summed E-state index contributed by atoms with van der Waals surface area (Å²) in [5.74, 6) is -0.916. The summed E-state index contributed by atoms with van der Waals surface area (Å²) in [6, 6.07) is 3.84. The fourth-order valence-electron chi connectivity index (χ4n) is 3.88. The molecule has 24 heavy (non-hydrogen) atoms. The van der Waals surface area contributed by atoms with E-state index in [-0.39, 0.29) is 11.8 Å². The van der Waals surface area contributed by atoms with Crippen LogP contribution < -0.4 is 4.74 Å². The minimum Gasteiger partial charge on any atom is -0.432 e. The van der Waals surface area contributed by atoms with Crippen LogP contribution in [0.5, 0.6) is 5.75 Å². The smallest absolute Gasteiger partial charge is 0.387 e. The number of alkyl halides is 3. The highest BCUT2D eigenvalue weighted by Gasteiger charge is 2.30. The van der Waals surface area contributed by atoms with Crippen molar-refractivity contribution in [1.82, 2.24) is 0 Å². The van der Waals surface area contributed by atoms with Gasteiger partial charge in [-0.2, -0.15) is 8.78 Å². The lowest BCUT2D eigenvalue weighted by Crippen LogP contribution is -2.23. The molecule has 136 valence electrons. The van der Waals surface area contributed by atoms with E-state index in [0.29, 0.717) is 11.5 Å². The van der Waals surface area contributed by atoms with Crippen LogP contribution in [0.2, 0.25) is 0 Å². The molecule has 0 spiro atoms. The Bertz CT molecular complexity index is 506. The van der Waals surface area contributed by atoms with Crippen LogP contribution in [0.25, 0.3) is 0 Å². The largest absolute Gasteiger partial charge is 0.432 e. The van der Waals surface area contributed by atoms with Gasteiger partial charge in [0.25, 0.3) is 0 Å². The molecule has 2 rings (SSSR count). The van der Waals surface area contributed by atoms with Gasteiger partial charge < -0.3 is 4.74 Å². The van der Waals surface area contributed by atoms with E-state index >= 15 is 0 Å². The second-order valence-electron chi connectivity index (χ2n) is 6.76. The van der Waals surface area contributed by atoms with Crippen LogP contribution >= 0.6 is 0 Å². The van der Waals surface area contributed by atoms with E-state index in [1.54, 1.807) is 0 Å². The number of benzene rings is 1. The first-order chi connectivity index (χ1) is 11.5. The monoisotopic (exact) mass is 346 g/mol. The van der Waals surface area contributed by atoms with E-state index in [1.807, 2.05) is 0 Å². The van der Waals surface area contributed by atoms with E-state index in [4.69, 9.17) is 0 Å². The lowest BCUT2D eigenvalue weighted by Gasteiger charge is -2.34. The minimum absolute atomic E-state index is 0.187. The molecule has 5 heteroatoms. The van der Waals surface area contributed by atoms with E-state index in [2.05, 4.69) is 11.7 Å². The number of hydrogen-bond donors (Lipinski definition) is 0. The summed E-state index contributed by atoms with van der Waals surface area (Å²) in [6.45, 7) is -1.46. The highest BCUT2D eigenvalue weighted by Crippen LogP contribution is 2.41. The second-order valence-corrected chi connectivity index (χ2v) is 6.76. The van der Waals surface area contributed by atoms with Gasteiger partial charge in [-0.1, -0.05) is 45.1 Å². The van der Waals surface area contributed by atoms with E-state index in [0.717, 1.165) is 31.7 Å². The molecule has 1 aliphatic carbocycles. The highest BCUT2D eigenvalue weighted by molar-refractivity contribution is 5.32. The van der Waals surface area contributed by atoms with Crippen LogP contribution in [0.3, 0.4) is 0 Å². The molecule has 0 aliphatic heterocycles. The summed E-state index contributed by atoms with van der Waals surface area (Å²) in [6.07, 6.45) is 7.67. The van der Waals surface area contributed by atoms with Crippen molar-refractivity contribution >= 4 is 0 Å². The molecule has 0 aromatic heterocycles. The van der Waals surface area contributed by atoms with Gasteiger partial charge in [-0.25, -0.2) is 4.39 Å². The van der Waals surface area contributed by atoms with Crippen molar-refractivity contribution in [2.24, 2.45) is 11.8 Å². The van der Waals surface area contributed by atoms with Gasteiger partial charge >= 0.3 is 6.61 Å². The molecule has 1 saturated carbocycles. The van der Waals surface area contributed by atoms with Gasteiger partial charge in [0.15, 0.2) is 11.6 Å². The van der Waals surface area contributed by atoms with Crippen LogP contribution in [0.4, 0.5) is 17.6 Å². The molecule has 0 amide bonds. The maximum atomic E-state index is 13.9. The highest BCUT2D eigenvalue weighted by atomic mass is 19.3. The van der Waals surface area contributed by atoms with Gasteiger partial charge in [-0.15, -0.1) is 0 Å². The minimum atomic E-state index is -3.07. The summed E-state index contributed by atoms with van der Waals surface area (Å²) >= 11 is 0. The van der Waals surface area contributed by atoms with E-state index < -0.39 is 24.9 Å². The third-order valence-electron chi connectivity index (χ3n) is 5.12. The zero-order valence-electron chi connectivity index (χ0n) is 14.1. The Morgan fingerprint density at radius 3 is 2.67 bits per heavy atom. The topological polar surface area (TPSA) is 9.23 Å². The van der Waals surface area contributed by atoms with Gasteiger partial charge in [0.2, 0.25) is 0 Å². The average Bonchev–Trinajstić information content (AvgIpc) is 2.56. The molecule has 0 N–H and O–H groups in total. The Kier molecular flexibility index (Phi) is 7.38. The summed E-state index contributed by atoms with van der Waals surface area (Å²) in [5, 5.41) is 0. The van der Waals surface area contributed by atoms with Gasteiger partial charge in [0, 0.05) is 5.92 Å². The van der Waals surface area contributed by atoms with Crippen LogP contribution in [-0.2, 0) is 0 Å². The maximum absolute atomic E-state index is 13.9. The molecule has 0 saturated heterocycles. The van der Waals surface area contributed by atoms with Gasteiger partial charge in [-0.3, -0.25) is 4.39 Å². The van der Waals surface area contributed by atoms with Crippen molar-refractivity contribution in [3.8, 4) is 5.75 Å². The van der Waals surface area contributed by atoms with Crippen LogP contribution in [0, 0.1) is 17.7 Å². The Balaban J connectivity index is 2.08. The van der Waals surface area contributed by atoms with Crippen molar-refractivity contribution in [3.63, 3.8) is 0 Å². The quantitative estimate of drug-likeness (QED) is 0.490. The molecule has 1 aromatic rings. The van der Waals surface area contributed by atoms with Crippen molar-refractivity contribution in [2.75, 3.05) is 6.67 Å². The lowest BCUT2D eigenvalue weighted by atomic mass is 9.72. The van der Waals surface area contributed by atoms with E-state index in [1.165, 1.54) is 31.4 Å². The van der Waals surface area contributed by atoms with Crippen LogP contribution in [0.15, 0.2) is 18.2 Å². The van der Waals surface area contributed by atoms with Crippen LogP contribution in [0.1, 0.15) is 63.4 Å². The average molecular weight is 346 g/mol. The third kappa shape index (κ3) is 5.12. The van der Waals surface area contributed by atoms with Gasteiger partial charge in [0.05, 0.1) is 6.67 Å². The number of rotatable bonds is 8. The first-order valence-corrected chi connectivity index (χ1v) is 8.85. The molecular formula is C19H26F4O. The van der Waals surface area contributed by atoms with Gasteiger partial charge in [-0.05, 0) is 42.4 Å². The van der Waals surface area contributed by atoms with Crippen molar-refractivity contribution in [2.45, 2.75) is 64.4 Å². The molecule has 1 fully saturated rings. The molecule has 0 bridgehead atoms. The molecule has 3 unspecified atom stereocenters. The second kappa shape index (κ2) is 9.28. The Hall–Kier alpha value is -1.26. The Morgan fingerprint density at radius 1 is 1.25 bits per heavy atom. The number of hydrogen-bond acceptors (Lipinski definition) is 1. The first-order valence-electron chi connectivity index (χ1n) is 8.85. The van der Waals surface area contributed by atoms with Crippen molar-refractivity contribution in [3.05, 3.63) is 29.6 Å². The molecule has 0 heterocycles. The number of unbranched alkanes of at least 4 members (excludes halogenated alkanes) is 1. The van der Waals surface area contributed by atoms with Crippen LogP contribution in [-0.4, -0.2) is 13.3 Å². The van der Waals surface area contributed by atoms with Crippen molar-refractivity contribution < 1.29 is 22.3 Å². The molecule has 1 nitrogen and oxygen atoms in total. The normalized spacial score (nSPS) is 22.6. The lowest BCUT2D eigenvalue weighted by molar-refractivity contribution is -0.0522. The molecule has 1 aliphatic rings. The number of halogens is 4. The zero-order chi connectivity index (χ0) is 17.5. The predicted octanol–water partition coefficient (Wildman–Crippen LogP) is 6.48. The summed E-state index contributed by atoms with van der Waals surface area (Å²) in [7, 11) is 0. The number of ether oxygens (including phenoxy) is 1. The standard InChI is InChI=1S/C19H26F4O/c1-2-3-5-13-6-4-7-14(10-13)16(12-20)15-8-9-18(17(21)11-15)24-19(22)23/h8-9,11,13-14,16,19H,2-7,10,12H2,1H3. The molecule has 0 radical (unpaired) electrons. The first kappa shape index (κ1) is 19.1. The summed E-state index contributed by atoms with van der Waals surface area (Å²) < 4.78 is 56.2. The summed E-state index contributed by atoms with van der Waals surface area (Å²) in [5.41, 5.74) is 0.540. The maximum Gasteiger partial charge on any atom is 0.387 e. The molecular weight excluding hydrogens is 320 g/mol. The zero-order valence-corrected chi connectivity index (χ0v) is 14.1. The Labute approximate surface area is 141 Å². The van der Waals surface area contributed by atoms with Gasteiger partial charge in [0.1, 0.15) is 0 Å². The Morgan fingerprint density at radius 2 is 2.04 bits per heavy atom. The SMILES string of the molecule is CCCCC1CCCC(C(CF)c2ccc(OC(F)F)c(F)c2)C1. The fourth-order valence-corrected chi connectivity index (χ4v) is 3.88. The fraction of sp³-hybridized carbons (Fsp3) is 0.684. The predicted molar refractivity (Wildman–Crippen MR) is 86.7 cm³/mol.